The normalized spacial score (nSPS) is 16.6. The summed E-state index contributed by atoms with van der Waals surface area (Å²) in [7, 11) is 1.42. The molecule has 1 unspecified atom stereocenters. The second-order valence-electron chi connectivity index (χ2n) is 4.11. The van der Waals surface area contributed by atoms with E-state index >= 15 is 0 Å². The van der Waals surface area contributed by atoms with Gasteiger partial charge >= 0.3 is 5.97 Å². The lowest BCUT2D eigenvalue weighted by atomic mass is 9.90. The SMILES string of the molecule is COC(=O)C(CN)c1csc2c1CCCC2. The van der Waals surface area contributed by atoms with E-state index in [2.05, 4.69) is 5.38 Å². The highest BCUT2D eigenvalue weighted by Gasteiger charge is 2.26. The zero-order chi connectivity index (χ0) is 11.5. The standard InChI is InChI=1S/C12H17NO2S/c1-15-12(14)9(6-13)10-7-16-11-5-3-2-4-8(10)11/h7,9H,2-6,13H2,1H3. The van der Waals surface area contributed by atoms with E-state index in [9.17, 15) is 4.79 Å². The van der Waals surface area contributed by atoms with E-state index in [4.69, 9.17) is 10.5 Å². The molecule has 16 heavy (non-hydrogen) atoms. The second kappa shape index (κ2) is 4.97. The Morgan fingerprint density at radius 1 is 1.56 bits per heavy atom. The van der Waals surface area contributed by atoms with Crippen molar-refractivity contribution in [2.75, 3.05) is 13.7 Å². The van der Waals surface area contributed by atoms with Gasteiger partial charge in [-0.25, -0.2) is 0 Å². The molecule has 88 valence electrons. The number of methoxy groups -OCH3 is 1. The number of nitrogens with two attached hydrogens (primary N) is 1. The van der Waals surface area contributed by atoms with Gasteiger partial charge in [-0.05, 0) is 42.2 Å². The summed E-state index contributed by atoms with van der Waals surface area (Å²) in [5, 5.41) is 2.09. The molecule has 2 N–H and O–H groups in total. The smallest absolute Gasteiger partial charge is 0.314 e. The van der Waals surface area contributed by atoms with Crippen molar-refractivity contribution < 1.29 is 9.53 Å². The van der Waals surface area contributed by atoms with Gasteiger partial charge in [-0.2, -0.15) is 0 Å². The van der Waals surface area contributed by atoms with E-state index in [1.807, 2.05) is 0 Å². The van der Waals surface area contributed by atoms with Crippen molar-refractivity contribution in [3.63, 3.8) is 0 Å². The molecule has 1 aliphatic rings. The number of fused-ring (bicyclic) bond motifs is 1. The molecule has 0 aromatic carbocycles. The number of ether oxygens (including phenoxy) is 1. The molecule has 3 nitrogen and oxygen atoms in total. The Morgan fingerprint density at radius 2 is 2.31 bits per heavy atom. The van der Waals surface area contributed by atoms with E-state index in [0.29, 0.717) is 6.54 Å². The van der Waals surface area contributed by atoms with Crippen molar-refractivity contribution in [1.29, 1.82) is 0 Å². The molecule has 0 fully saturated rings. The minimum absolute atomic E-state index is 0.214. The first-order chi connectivity index (χ1) is 7.77. The van der Waals surface area contributed by atoms with Crippen molar-refractivity contribution in [2.45, 2.75) is 31.6 Å². The minimum Gasteiger partial charge on any atom is -0.469 e. The predicted molar refractivity (Wildman–Crippen MR) is 64.8 cm³/mol. The topological polar surface area (TPSA) is 52.3 Å². The third-order valence-electron chi connectivity index (χ3n) is 3.19. The minimum atomic E-state index is -0.275. The van der Waals surface area contributed by atoms with Gasteiger partial charge in [0, 0.05) is 11.4 Å². The maximum atomic E-state index is 11.6. The molecule has 1 atom stereocenters. The van der Waals surface area contributed by atoms with Crippen molar-refractivity contribution >= 4 is 17.3 Å². The van der Waals surface area contributed by atoms with Gasteiger partial charge in [-0.1, -0.05) is 0 Å². The first kappa shape index (κ1) is 11.6. The van der Waals surface area contributed by atoms with Crippen LogP contribution in [0.2, 0.25) is 0 Å². The maximum Gasteiger partial charge on any atom is 0.314 e. The Kier molecular flexibility index (Phi) is 3.61. The van der Waals surface area contributed by atoms with Crippen LogP contribution in [0.5, 0.6) is 0 Å². The number of carbonyl (C=O) groups excluding carboxylic acids is 1. The first-order valence-electron chi connectivity index (χ1n) is 5.65. The summed E-state index contributed by atoms with van der Waals surface area (Å²) in [6, 6.07) is 0. The molecule has 0 radical (unpaired) electrons. The van der Waals surface area contributed by atoms with Crippen molar-refractivity contribution in [1.82, 2.24) is 0 Å². The van der Waals surface area contributed by atoms with Gasteiger partial charge < -0.3 is 10.5 Å². The number of thiophene rings is 1. The average Bonchev–Trinajstić information content (AvgIpc) is 2.74. The van der Waals surface area contributed by atoms with Crippen LogP contribution in [0.3, 0.4) is 0 Å². The van der Waals surface area contributed by atoms with Crippen LogP contribution in [0, 0.1) is 0 Å². The summed E-state index contributed by atoms with van der Waals surface area (Å²) in [6.45, 7) is 0.329. The number of carbonyl (C=O) groups is 1. The Balaban J connectivity index is 2.31. The second-order valence-corrected chi connectivity index (χ2v) is 5.08. The van der Waals surface area contributed by atoms with Crippen molar-refractivity contribution in [3.05, 3.63) is 21.4 Å². The Morgan fingerprint density at radius 3 is 3.00 bits per heavy atom. The molecule has 0 bridgehead atoms. The monoisotopic (exact) mass is 239 g/mol. The molecule has 1 aromatic rings. The number of hydrogen-bond donors (Lipinski definition) is 1. The van der Waals surface area contributed by atoms with Crippen LogP contribution >= 0.6 is 11.3 Å². The lowest BCUT2D eigenvalue weighted by Gasteiger charge is -2.17. The van der Waals surface area contributed by atoms with Crippen LogP contribution in [0.15, 0.2) is 5.38 Å². The fourth-order valence-corrected chi connectivity index (χ4v) is 3.50. The van der Waals surface area contributed by atoms with E-state index in [0.717, 1.165) is 18.4 Å². The van der Waals surface area contributed by atoms with Crippen LogP contribution in [0.4, 0.5) is 0 Å². The summed E-state index contributed by atoms with van der Waals surface area (Å²) >= 11 is 1.76. The van der Waals surface area contributed by atoms with Gasteiger partial charge in [0.15, 0.2) is 0 Å². The Hall–Kier alpha value is -0.870. The van der Waals surface area contributed by atoms with E-state index in [1.54, 1.807) is 11.3 Å². The van der Waals surface area contributed by atoms with E-state index < -0.39 is 0 Å². The highest BCUT2D eigenvalue weighted by Crippen LogP contribution is 2.34. The highest BCUT2D eigenvalue weighted by atomic mass is 32.1. The molecule has 0 aliphatic heterocycles. The summed E-state index contributed by atoms with van der Waals surface area (Å²) in [4.78, 5) is 13.1. The fourth-order valence-electron chi connectivity index (χ4n) is 2.30. The van der Waals surface area contributed by atoms with Gasteiger partial charge in [0.25, 0.3) is 0 Å². The van der Waals surface area contributed by atoms with E-state index in [-0.39, 0.29) is 11.9 Å². The van der Waals surface area contributed by atoms with Crippen LogP contribution in [0.25, 0.3) is 0 Å². The molecule has 2 rings (SSSR count). The fraction of sp³-hybridized carbons (Fsp3) is 0.583. The third kappa shape index (κ3) is 1.99. The van der Waals surface area contributed by atoms with E-state index in [1.165, 1.54) is 30.4 Å². The zero-order valence-electron chi connectivity index (χ0n) is 9.49. The summed E-state index contributed by atoms with van der Waals surface area (Å²) < 4.78 is 4.80. The van der Waals surface area contributed by atoms with Gasteiger partial charge in [-0.15, -0.1) is 11.3 Å². The number of rotatable bonds is 3. The summed E-state index contributed by atoms with van der Waals surface area (Å²) in [6.07, 6.45) is 4.72. The predicted octanol–water partition coefficient (Wildman–Crippen LogP) is 1.84. The third-order valence-corrected chi connectivity index (χ3v) is 4.30. The summed E-state index contributed by atoms with van der Waals surface area (Å²) in [5.41, 5.74) is 8.14. The molecule has 1 aromatic heterocycles. The van der Waals surface area contributed by atoms with Crippen LogP contribution in [-0.4, -0.2) is 19.6 Å². The molecule has 0 saturated carbocycles. The quantitative estimate of drug-likeness (QED) is 0.819. The zero-order valence-corrected chi connectivity index (χ0v) is 10.3. The van der Waals surface area contributed by atoms with Crippen LogP contribution < -0.4 is 5.73 Å². The van der Waals surface area contributed by atoms with Crippen molar-refractivity contribution in [2.24, 2.45) is 5.73 Å². The molecule has 1 aliphatic carbocycles. The molecular formula is C12H17NO2S. The number of esters is 1. The first-order valence-corrected chi connectivity index (χ1v) is 6.53. The molecule has 0 amide bonds. The molecule has 0 saturated heterocycles. The van der Waals surface area contributed by atoms with Gasteiger partial charge in [0.05, 0.1) is 13.0 Å². The molecule has 0 spiro atoms. The van der Waals surface area contributed by atoms with Crippen LogP contribution in [0.1, 0.15) is 34.8 Å². The number of aryl methyl sites for hydroxylation is 1. The lowest BCUT2D eigenvalue weighted by Crippen LogP contribution is -2.23. The van der Waals surface area contributed by atoms with Gasteiger partial charge in [0.2, 0.25) is 0 Å². The van der Waals surface area contributed by atoms with Gasteiger partial charge in [0.1, 0.15) is 0 Å². The molecule has 4 heteroatoms. The maximum absolute atomic E-state index is 11.6. The van der Waals surface area contributed by atoms with Crippen LogP contribution in [-0.2, 0) is 22.4 Å². The lowest BCUT2D eigenvalue weighted by molar-refractivity contribution is -0.142. The van der Waals surface area contributed by atoms with Crippen molar-refractivity contribution in [3.8, 4) is 0 Å². The Bertz CT molecular complexity index is 386. The number of hydrogen-bond acceptors (Lipinski definition) is 4. The summed E-state index contributed by atoms with van der Waals surface area (Å²) in [5.74, 6) is -0.489. The molecular weight excluding hydrogens is 222 g/mol. The van der Waals surface area contributed by atoms with Gasteiger partial charge in [-0.3, -0.25) is 4.79 Å². The highest BCUT2D eigenvalue weighted by molar-refractivity contribution is 7.10. The average molecular weight is 239 g/mol. The Labute approximate surface area is 99.6 Å². The molecule has 1 heterocycles. The largest absolute Gasteiger partial charge is 0.469 e.